The van der Waals surface area contributed by atoms with Crippen molar-refractivity contribution in [1.82, 2.24) is 0 Å². The quantitative estimate of drug-likeness (QED) is 0.716. The number of hydrogen-bond donors (Lipinski definition) is 1. The van der Waals surface area contributed by atoms with Crippen molar-refractivity contribution >= 4 is 11.8 Å². The van der Waals surface area contributed by atoms with Crippen LogP contribution in [0.1, 0.15) is 17.7 Å². The van der Waals surface area contributed by atoms with Crippen molar-refractivity contribution in [3.05, 3.63) is 23.7 Å². The molecule has 1 rings (SSSR count). The fraction of sp³-hybridized carbons (Fsp3) is 0.556. The minimum Gasteiger partial charge on any atom is -0.468 e. The zero-order valence-electron chi connectivity index (χ0n) is 7.25. The smallest absolute Gasteiger partial charge is 0.116 e. The summed E-state index contributed by atoms with van der Waals surface area (Å²) >= 11 is 1.80. The number of thioether (sulfide) groups is 1. The SMILES string of the molecule is Cc1ccoc1CSCCCO. The van der Waals surface area contributed by atoms with Gasteiger partial charge in [0.05, 0.1) is 12.0 Å². The predicted molar refractivity (Wildman–Crippen MR) is 51.3 cm³/mol. The second-order valence-electron chi connectivity index (χ2n) is 2.66. The fourth-order valence-electron chi connectivity index (χ4n) is 0.883. The molecule has 0 spiro atoms. The van der Waals surface area contributed by atoms with E-state index in [4.69, 9.17) is 9.52 Å². The molecule has 0 radical (unpaired) electrons. The van der Waals surface area contributed by atoms with Crippen LogP contribution in [0, 0.1) is 6.92 Å². The van der Waals surface area contributed by atoms with Gasteiger partial charge in [0.15, 0.2) is 0 Å². The molecule has 0 fully saturated rings. The van der Waals surface area contributed by atoms with E-state index in [0.29, 0.717) is 0 Å². The number of furan rings is 1. The largest absolute Gasteiger partial charge is 0.468 e. The summed E-state index contributed by atoms with van der Waals surface area (Å²) < 4.78 is 5.26. The van der Waals surface area contributed by atoms with Crippen molar-refractivity contribution in [2.24, 2.45) is 0 Å². The lowest BCUT2D eigenvalue weighted by atomic mass is 10.3. The molecule has 0 saturated heterocycles. The third-order valence-corrected chi connectivity index (χ3v) is 2.69. The van der Waals surface area contributed by atoms with E-state index in [9.17, 15) is 0 Å². The van der Waals surface area contributed by atoms with Crippen LogP contribution in [0.25, 0.3) is 0 Å². The second-order valence-corrected chi connectivity index (χ2v) is 3.76. The topological polar surface area (TPSA) is 33.4 Å². The van der Waals surface area contributed by atoms with E-state index in [0.717, 1.165) is 23.7 Å². The minimum atomic E-state index is 0.282. The first kappa shape index (κ1) is 9.68. The maximum atomic E-state index is 8.54. The van der Waals surface area contributed by atoms with Gasteiger partial charge in [0.2, 0.25) is 0 Å². The van der Waals surface area contributed by atoms with E-state index in [1.807, 2.05) is 13.0 Å². The number of aliphatic hydroxyl groups is 1. The summed E-state index contributed by atoms with van der Waals surface area (Å²) in [6.07, 6.45) is 2.59. The zero-order chi connectivity index (χ0) is 8.81. The minimum absolute atomic E-state index is 0.282. The van der Waals surface area contributed by atoms with Crippen LogP contribution in [0.3, 0.4) is 0 Å². The van der Waals surface area contributed by atoms with Crippen LogP contribution in [0.2, 0.25) is 0 Å². The van der Waals surface area contributed by atoms with E-state index >= 15 is 0 Å². The van der Waals surface area contributed by atoms with Gasteiger partial charge < -0.3 is 9.52 Å². The second kappa shape index (κ2) is 5.27. The highest BCUT2D eigenvalue weighted by Gasteiger charge is 2.00. The van der Waals surface area contributed by atoms with Crippen LogP contribution >= 0.6 is 11.8 Å². The summed E-state index contributed by atoms with van der Waals surface area (Å²) in [5, 5.41) is 8.54. The average molecular weight is 186 g/mol. The normalized spacial score (nSPS) is 10.5. The van der Waals surface area contributed by atoms with Gasteiger partial charge in [-0.3, -0.25) is 0 Å². The van der Waals surface area contributed by atoms with Gasteiger partial charge in [0.1, 0.15) is 5.76 Å². The lowest BCUT2D eigenvalue weighted by Crippen LogP contribution is -1.87. The van der Waals surface area contributed by atoms with Crippen LogP contribution in [0.15, 0.2) is 16.7 Å². The van der Waals surface area contributed by atoms with Crippen molar-refractivity contribution in [2.45, 2.75) is 19.1 Å². The van der Waals surface area contributed by atoms with E-state index in [2.05, 4.69) is 0 Å². The van der Waals surface area contributed by atoms with Gasteiger partial charge >= 0.3 is 0 Å². The Morgan fingerprint density at radius 1 is 1.58 bits per heavy atom. The first-order chi connectivity index (χ1) is 5.84. The van der Waals surface area contributed by atoms with Crippen LogP contribution in [0.4, 0.5) is 0 Å². The Labute approximate surface area is 77.0 Å². The molecule has 68 valence electrons. The first-order valence-electron chi connectivity index (χ1n) is 4.06. The van der Waals surface area contributed by atoms with Crippen LogP contribution in [-0.4, -0.2) is 17.5 Å². The maximum absolute atomic E-state index is 8.54. The Hall–Kier alpha value is -0.410. The molecular formula is C9H14O2S. The number of rotatable bonds is 5. The molecule has 0 aliphatic rings. The highest BCUT2D eigenvalue weighted by molar-refractivity contribution is 7.98. The van der Waals surface area contributed by atoms with E-state index < -0.39 is 0 Å². The lowest BCUT2D eigenvalue weighted by molar-refractivity contribution is 0.296. The molecular weight excluding hydrogens is 172 g/mol. The molecule has 0 unspecified atom stereocenters. The summed E-state index contributed by atoms with van der Waals surface area (Å²) in [6.45, 7) is 2.33. The van der Waals surface area contributed by atoms with Crippen molar-refractivity contribution < 1.29 is 9.52 Å². The molecule has 1 aromatic rings. The molecule has 2 nitrogen and oxygen atoms in total. The molecule has 1 N–H and O–H groups in total. The summed E-state index contributed by atoms with van der Waals surface area (Å²) in [4.78, 5) is 0. The van der Waals surface area contributed by atoms with Crippen molar-refractivity contribution in [2.75, 3.05) is 12.4 Å². The fourth-order valence-corrected chi connectivity index (χ4v) is 1.84. The van der Waals surface area contributed by atoms with E-state index in [1.54, 1.807) is 18.0 Å². The summed E-state index contributed by atoms with van der Waals surface area (Å²) in [6, 6.07) is 1.97. The van der Waals surface area contributed by atoms with Crippen molar-refractivity contribution in [1.29, 1.82) is 0 Å². The molecule has 0 aromatic carbocycles. The summed E-state index contributed by atoms with van der Waals surface area (Å²) in [7, 11) is 0. The molecule has 12 heavy (non-hydrogen) atoms. The van der Waals surface area contributed by atoms with Gasteiger partial charge in [0.25, 0.3) is 0 Å². The predicted octanol–water partition coefficient (Wildman–Crippen LogP) is 2.20. The van der Waals surface area contributed by atoms with Gasteiger partial charge in [-0.25, -0.2) is 0 Å². The number of hydrogen-bond acceptors (Lipinski definition) is 3. The maximum Gasteiger partial charge on any atom is 0.116 e. The summed E-state index contributed by atoms with van der Waals surface area (Å²) in [5.41, 5.74) is 1.21. The Kier molecular flexibility index (Phi) is 4.25. The molecule has 0 amide bonds. The van der Waals surface area contributed by atoms with Crippen LogP contribution < -0.4 is 0 Å². The van der Waals surface area contributed by atoms with Gasteiger partial charge in [-0.1, -0.05) is 0 Å². The van der Waals surface area contributed by atoms with E-state index in [-0.39, 0.29) is 6.61 Å². The molecule has 0 aliphatic carbocycles. The van der Waals surface area contributed by atoms with Crippen LogP contribution in [-0.2, 0) is 5.75 Å². The highest BCUT2D eigenvalue weighted by atomic mass is 32.2. The third-order valence-electron chi connectivity index (χ3n) is 1.65. The average Bonchev–Trinajstić information content (AvgIpc) is 2.46. The highest BCUT2D eigenvalue weighted by Crippen LogP contribution is 2.17. The molecule has 0 saturated carbocycles. The Morgan fingerprint density at radius 2 is 2.42 bits per heavy atom. The van der Waals surface area contributed by atoms with E-state index in [1.165, 1.54) is 5.56 Å². The van der Waals surface area contributed by atoms with Crippen LogP contribution in [0.5, 0.6) is 0 Å². The molecule has 0 aliphatic heterocycles. The Bertz CT molecular complexity index is 220. The molecule has 0 atom stereocenters. The molecule has 0 bridgehead atoms. The van der Waals surface area contributed by atoms with Crippen molar-refractivity contribution in [3.8, 4) is 0 Å². The molecule has 1 heterocycles. The standard InChI is InChI=1S/C9H14O2S/c1-8-3-5-11-9(8)7-12-6-2-4-10/h3,5,10H,2,4,6-7H2,1H3. The monoisotopic (exact) mass is 186 g/mol. The van der Waals surface area contributed by atoms with Gasteiger partial charge in [0, 0.05) is 6.61 Å². The number of aliphatic hydroxyl groups excluding tert-OH is 1. The van der Waals surface area contributed by atoms with Crippen molar-refractivity contribution in [3.63, 3.8) is 0 Å². The summed E-state index contributed by atoms with van der Waals surface area (Å²) in [5.74, 6) is 2.97. The Morgan fingerprint density at radius 3 is 3.00 bits per heavy atom. The van der Waals surface area contributed by atoms with Gasteiger partial charge in [-0.2, -0.15) is 11.8 Å². The zero-order valence-corrected chi connectivity index (χ0v) is 8.06. The van der Waals surface area contributed by atoms with Gasteiger partial charge in [-0.05, 0) is 30.7 Å². The van der Waals surface area contributed by atoms with Gasteiger partial charge in [-0.15, -0.1) is 0 Å². The number of aryl methyl sites for hydroxylation is 1. The molecule has 3 heteroatoms. The lowest BCUT2D eigenvalue weighted by Gasteiger charge is -1.97. The molecule has 1 aromatic heterocycles. The Balaban J connectivity index is 2.20. The first-order valence-corrected chi connectivity index (χ1v) is 5.21. The third kappa shape index (κ3) is 2.91.